The third-order valence-electron chi connectivity index (χ3n) is 4.89. The van der Waals surface area contributed by atoms with Crippen LogP contribution in [-0.4, -0.2) is 99.4 Å². The monoisotopic (exact) mass is 609 g/mol. The maximum atomic E-state index is 10.6. The summed E-state index contributed by atoms with van der Waals surface area (Å²) >= 11 is 0. The summed E-state index contributed by atoms with van der Waals surface area (Å²) in [6.45, 7) is 8.21. The quantitative estimate of drug-likeness (QED) is 0.316. The number of alkyl halides is 6. The highest BCUT2D eigenvalue weighted by atomic mass is 19.4. The standard InChI is InChI=1S/C18H23N9O.2C2HF3O2/c1-18(2,3)23-12-4-7-26(11-12)17-20-10-14(24-25-17)16-15(28)8-13(9-19-16)27-21-5-6-22-27;2*3-2(4,5)1(6)7/h5-6,8-10,12,23,28H,4,7,11H2,1-3H3;2*(H,6,7). The Morgan fingerprint density at radius 3 is 1.90 bits per heavy atom. The molecule has 0 amide bonds. The Bertz CT molecular complexity index is 1310. The fourth-order valence-corrected chi connectivity index (χ4v) is 3.29. The van der Waals surface area contributed by atoms with Crippen LogP contribution in [0.15, 0.2) is 30.9 Å². The lowest BCUT2D eigenvalue weighted by atomic mass is 10.1. The Labute approximate surface area is 233 Å². The second-order valence-corrected chi connectivity index (χ2v) is 9.45. The Balaban J connectivity index is 0.000000367. The number of aromatic nitrogens is 7. The van der Waals surface area contributed by atoms with Crippen molar-refractivity contribution in [2.75, 3.05) is 18.0 Å². The van der Waals surface area contributed by atoms with Crippen molar-refractivity contribution in [3.05, 3.63) is 30.9 Å². The van der Waals surface area contributed by atoms with E-state index in [-0.39, 0.29) is 11.3 Å². The average Bonchev–Trinajstić information content (AvgIpc) is 3.55. The van der Waals surface area contributed by atoms with Gasteiger partial charge >= 0.3 is 24.3 Å². The molecule has 4 N–H and O–H groups in total. The summed E-state index contributed by atoms with van der Waals surface area (Å²) in [5, 5.41) is 44.7. The second-order valence-electron chi connectivity index (χ2n) is 9.45. The number of aromatic hydroxyl groups is 1. The first-order chi connectivity index (χ1) is 19.3. The normalized spacial score (nSPS) is 15.3. The highest BCUT2D eigenvalue weighted by molar-refractivity contribution is 5.73. The number of carbonyl (C=O) groups is 2. The highest BCUT2D eigenvalue weighted by Gasteiger charge is 2.39. The molecule has 0 radical (unpaired) electrons. The maximum Gasteiger partial charge on any atom is 0.490 e. The van der Waals surface area contributed by atoms with Crippen LogP contribution in [0.1, 0.15) is 27.2 Å². The predicted octanol–water partition coefficient (Wildman–Crippen LogP) is 2.45. The summed E-state index contributed by atoms with van der Waals surface area (Å²) in [6, 6.07) is 1.93. The minimum Gasteiger partial charge on any atom is -0.506 e. The van der Waals surface area contributed by atoms with Gasteiger partial charge in [-0.15, -0.1) is 15.0 Å². The van der Waals surface area contributed by atoms with Gasteiger partial charge in [0.2, 0.25) is 5.95 Å². The van der Waals surface area contributed by atoms with Gasteiger partial charge in [-0.3, -0.25) is 0 Å². The van der Waals surface area contributed by atoms with E-state index >= 15 is 0 Å². The van der Waals surface area contributed by atoms with E-state index < -0.39 is 24.3 Å². The minimum absolute atomic E-state index is 0.0331. The van der Waals surface area contributed by atoms with E-state index in [9.17, 15) is 31.4 Å². The van der Waals surface area contributed by atoms with E-state index in [1.807, 2.05) is 0 Å². The number of nitrogens with zero attached hydrogens (tertiary/aromatic N) is 8. The number of anilines is 1. The lowest BCUT2D eigenvalue weighted by Gasteiger charge is -2.25. The summed E-state index contributed by atoms with van der Waals surface area (Å²) in [5.41, 5.74) is 1.35. The van der Waals surface area contributed by atoms with Crippen molar-refractivity contribution in [3.8, 4) is 22.8 Å². The number of pyridine rings is 1. The number of carboxylic acid groups (broad SMARTS) is 2. The highest BCUT2D eigenvalue weighted by Crippen LogP contribution is 2.27. The van der Waals surface area contributed by atoms with Gasteiger partial charge in [-0.2, -0.15) is 36.5 Å². The zero-order chi connectivity index (χ0) is 31.9. The molecular formula is C22H25F6N9O5. The fourth-order valence-electron chi connectivity index (χ4n) is 3.29. The molecule has 3 aromatic rings. The Kier molecular flexibility index (Phi) is 10.7. The van der Waals surface area contributed by atoms with Gasteiger partial charge in [0.25, 0.3) is 0 Å². The zero-order valence-electron chi connectivity index (χ0n) is 22.1. The van der Waals surface area contributed by atoms with Crippen LogP contribution in [0.4, 0.5) is 32.3 Å². The summed E-state index contributed by atoms with van der Waals surface area (Å²) in [7, 11) is 0. The van der Waals surface area contributed by atoms with Crippen molar-refractivity contribution in [2.24, 2.45) is 0 Å². The molecule has 0 aromatic carbocycles. The Morgan fingerprint density at radius 2 is 1.48 bits per heavy atom. The Morgan fingerprint density at radius 1 is 0.929 bits per heavy atom. The molecule has 4 rings (SSSR count). The van der Waals surface area contributed by atoms with Crippen LogP contribution in [-0.2, 0) is 9.59 Å². The third-order valence-corrected chi connectivity index (χ3v) is 4.89. The van der Waals surface area contributed by atoms with Crippen molar-refractivity contribution in [1.29, 1.82) is 0 Å². The molecule has 14 nitrogen and oxygen atoms in total. The van der Waals surface area contributed by atoms with Crippen LogP contribution < -0.4 is 10.2 Å². The van der Waals surface area contributed by atoms with Crippen LogP contribution >= 0.6 is 0 Å². The van der Waals surface area contributed by atoms with Gasteiger partial charge in [0, 0.05) is 30.7 Å². The van der Waals surface area contributed by atoms with Crippen molar-refractivity contribution >= 4 is 17.9 Å². The molecule has 42 heavy (non-hydrogen) atoms. The number of rotatable bonds is 4. The first-order valence-electron chi connectivity index (χ1n) is 11.7. The molecule has 0 spiro atoms. The van der Waals surface area contributed by atoms with Gasteiger partial charge in [0.1, 0.15) is 22.8 Å². The fraction of sp³-hybridized carbons (Fsp3) is 0.455. The minimum atomic E-state index is -5.08. The summed E-state index contributed by atoms with van der Waals surface area (Å²) in [4.78, 5) is 30.0. The van der Waals surface area contributed by atoms with E-state index in [2.05, 4.69) is 61.4 Å². The smallest absolute Gasteiger partial charge is 0.490 e. The predicted molar refractivity (Wildman–Crippen MR) is 131 cm³/mol. The lowest BCUT2D eigenvalue weighted by Crippen LogP contribution is -2.45. The van der Waals surface area contributed by atoms with Crippen molar-refractivity contribution in [2.45, 2.75) is 51.1 Å². The molecule has 1 saturated heterocycles. The average molecular weight is 609 g/mol. The lowest BCUT2D eigenvalue weighted by molar-refractivity contribution is -0.193. The molecular weight excluding hydrogens is 584 g/mol. The first-order valence-corrected chi connectivity index (χ1v) is 11.7. The SMILES string of the molecule is CC(C)(C)NC1CCN(c2ncc(-c3ncc(-n4nccn4)cc3O)nn2)C1.O=C(O)C(F)(F)F.O=C(O)C(F)(F)F. The van der Waals surface area contributed by atoms with Gasteiger partial charge in [0.15, 0.2) is 0 Å². The number of carboxylic acids is 2. The number of nitrogens with one attached hydrogen (secondary N) is 1. The molecule has 1 unspecified atom stereocenters. The maximum absolute atomic E-state index is 10.6. The van der Waals surface area contributed by atoms with E-state index in [0.29, 0.717) is 29.1 Å². The van der Waals surface area contributed by atoms with E-state index in [1.54, 1.807) is 24.8 Å². The van der Waals surface area contributed by atoms with Gasteiger partial charge in [-0.05, 0) is 27.2 Å². The number of aliphatic carboxylic acids is 2. The van der Waals surface area contributed by atoms with Crippen LogP contribution in [0.5, 0.6) is 5.75 Å². The molecule has 3 aromatic heterocycles. The zero-order valence-corrected chi connectivity index (χ0v) is 22.1. The molecule has 4 heterocycles. The number of halogens is 6. The van der Waals surface area contributed by atoms with E-state index in [1.165, 1.54) is 10.9 Å². The number of hydrogen-bond donors (Lipinski definition) is 4. The topological polar surface area (TPSA) is 192 Å². The van der Waals surface area contributed by atoms with Crippen LogP contribution in [0.2, 0.25) is 0 Å². The Hall–Kier alpha value is -4.62. The summed E-state index contributed by atoms with van der Waals surface area (Å²) in [6.07, 6.45) is -2.87. The van der Waals surface area contributed by atoms with Crippen molar-refractivity contribution in [3.63, 3.8) is 0 Å². The molecule has 0 bridgehead atoms. The van der Waals surface area contributed by atoms with Crippen LogP contribution in [0.3, 0.4) is 0 Å². The van der Waals surface area contributed by atoms with Gasteiger partial charge in [-0.1, -0.05) is 0 Å². The molecule has 0 aliphatic carbocycles. The molecule has 1 aliphatic heterocycles. The van der Waals surface area contributed by atoms with Gasteiger partial charge in [0.05, 0.1) is 24.8 Å². The summed E-state index contributed by atoms with van der Waals surface area (Å²) in [5.74, 6) is -4.96. The van der Waals surface area contributed by atoms with E-state index in [0.717, 1.165) is 19.5 Å². The number of hydrogen-bond acceptors (Lipinski definition) is 11. The molecule has 1 aliphatic rings. The first kappa shape index (κ1) is 33.6. The molecule has 1 fully saturated rings. The van der Waals surface area contributed by atoms with Crippen molar-refractivity contribution < 1.29 is 51.3 Å². The largest absolute Gasteiger partial charge is 0.506 e. The van der Waals surface area contributed by atoms with Gasteiger partial charge < -0.3 is 25.5 Å². The second kappa shape index (κ2) is 13.4. The van der Waals surface area contributed by atoms with E-state index in [4.69, 9.17) is 19.8 Å². The molecule has 0 saturated carbocycles. The summed E-state index contributed by atoms with van der Waals surface area (Å²) < 4.78 is 63.5. The third kappa shape index (κ3) is 10.4. The van der Waals surface area contributed by atoms with Crippen molar-refractivity contribution in [1.82, 2.24) is 40.5 Å². The van der Waals surface area contributed by atoms with Gasteiger partial charge in [-0.25, -0.2) is 19.6 Å². The molecule has 20 heteroatoms. The molecule has 1 atom stereocenters. The van der Waals surface area contributed by atoms with Crippen LogP contribution in [0.25, 0.3) is 17.1 Å². The molecule has 230 valence electrons. The van der Waals surface area contributed by atoms with Crippen LogP contribution in [0, 0.1) is 0 Å².